The first-order valence-corrected chi connectivity index (χ1v) is 4.52. The molecule has 0 atom stereocenters. The number of carbonyl (C=O) groups is 1. The first-order chi connectivity index (χ1) is 7.19. The molecule has 82 valence electrons. The van der Waals surface area contributed by atoms with Crippen LogP contribution in [0.2, 0.25) is 0 Å². The van der Waals surface area contributed by atoms with Crippen LogP contribution < -0.4 is 4.74 Å². The van der Waals surface area contributed by atoms with E-state index >= 15 is 0 Å². The quantitative estimate of drug-likeness (QED) is 0.423. The maximum absolute atomic E-state index is 11.2. The Morgan fingerprint density at radius 3 is 2.60 bits per heavy atom. The largest absolute Gasteiger partial charge is 0.496 e. The van der Waals surface area contributed by atoms with E-state index in [0.29, 0.717) is 11.3 Å². The van der Waals surface area contributed by atoms with Gasteiger partial charge in [-0.05, 0) is 25.1 Å². The minimum absolute atomic E-state index is 0.0105. The number of ether oxygens (including phenoxy) is 1. The fourth-order valence-corrected chi connectivity index (χ4v) is 1.23. The zero-order chi connectivity index (χ0) is 11.3. The van der Waals surface area contributed by atoms with E-state index in [-0.39, 0.29) is 12.4 Å². The number of rotatable bonds is 5. The van der Waals surface area contributed by atoms with Gasteiger partial charge in [0.25, 0.3) is 0 Å². The Balaban J connectivity index is 2.96. The number of ketones is 1. The van der Waals surface area contributed by atoms with Crippen LogP contribution in [0, 0.1) is 0 Å². The van der Waals surface area contributed by atoms with Crippen molar-refractivity contribution in [3.63, 3.8) is 0 Å². The van der Waals surface area contributed by atoms with Gasteiger partial charge in [-0.15, -0.1) is 0 Å². The van der Waals surface area contributed by atoms with Crippen molar-refractivity contribution in [3.05, 3.63) is 29.3 Å². The minimum Gasteiger partial charge on any atom is -0.496 e. The molecule has 15 heavy (non-hydrogen) atoms. The van der Waals surface area contributed by atoms with E-state index in [1.54, 1.807) is 25.3 Å². The number of hydrogen-bond donors (Lipinski definition) is 0. The van der Waals surface area contributed by atoms with Gasteiger partial charge in [-0.1, -0.05) is 0 Å². The summed E-state index contributed by atoms with van der Waals surface area (Å²) in [6, 6.07) is 5.20. The standard InChI is InChI=1S/C11H14O4/c1-8(12)9-4-5-11(13-2)10(6-9)7-15-14-3/h4-6H,7H2,1-3H3. The van der Waals surface area contributed by atoms with E-state index in [2.05, 4.69) is 4.89 Å². The molecule has 0 aliphatic heterocycles. The Labute approximate surface area is 88.7 Å². The van der Waals surface area contributed by atoms with E-state index in [4.69, 9.17) is 9.62 Å². The molecular formula is C11H14O4. The highest BCUT2D eigenvalue weighted by Crippen LogP contribution is 2.21. The predicted molar refractivity (Wildman–Crippen MR) is 54.8 cm³/mol. The lowest BCUT2D eigenvalue weighted by Crippen LogP contribution is -1.99. The molecule has 0 N–H and O–H groups in total. The van der Waals surface area contributed by atoms with Crippen molar-refractivity contribution in [1.82, 2.24) is 0 Å². The number of Topliss-reactive ketones (excluding diaryl/α,β-unsaturated/α-hetero) is 1. The Morgan fingerprint density at radius 1 is 1.33 bits per heavy atom. The van der Waals surface area contributed by atoms with Crippen molar-refractivity contribution >= 4 is 5.78 Å². The average molecular weight is 210 g/mol. The Hall–Kier alpha value is -1.39. The van der Waals surface area contributed by atoms with Crippen molar-refractivity contribution in [1.29, 1.82) is 0 Å². The smallest absolute Gasteiger partial charge is 0.159 e. The van der Waals surface area contributed by atoms with Crippen LogP contribution >= 0.6 is 0 Å². The van der Waals surface area contributed by atoms with Crippen molar-refractivity contribution in [2.45, 2.75) is 13.5 Å². The van der Waals surface area contributed by atoms with Crippen molar-refractivity contribution < 1.29 is 19.3 Å². The molecule has 1 rings (SSSR count). The van der Waals surface area contributed by atoms with E-state index in [0.717, 1.165) is 5.56 Å². The van der Waals surface area contributed by atoms with Crippen LogP contribution in [-0.4, -0.2) is 20.0 Å². The molecule has 0 unspecified atom stereocenters. The van der Waals surface area contributed by atoms with Crippen molar-refractivity contribution in [3.8, 4) is 5.75 Å². The Kier molecular flexibility index (Phi) is 4.27. The third-order valence-electron chi connectivity index (χ3n) is 2.02. The van der Waals surface area contributed by atoms with Gasteiger partial charge in [0.05, 0.1) is 14.2 Å². The molecule has 0 spiro atoms. The summed E-state index contributed by atoms with van der Waals surface area (Å²) in [6.45, 7) is 1.77. The molecular weight excluding hydrogens is 196 g/mol. The highest BCUT2D eigenvalue weighted by molar-refractivity contribution is 5.94. The summed E-state index contributed by atoms with van der Waals surface area (Å²) in [6.07, 6.45) is 0. The van der Waals surface area contributed by atoms with Gasteiger partial charge in [0.15, 0.2) is 5.78 Å². The molecule has 0 saturated carbocycles. The Morgan fingerprint density at radius 2 is 2.07 bits per heavy atom. The second-order valence-corrected chi connectivity index (χ2v) is 3.01. The third-order valence-corrected chi connectivity index (χ3v) is 2.02. The second kappa shape index (κ2) is 5.48. The molecule has 0 bridgehead atoms. The van der Waals surface area contributed by atoms with Crippen LogP contribution in [0.1, 0.15) is 22.8 Å². The van der Waals surface area contributed by atoms with Crippen LogP contribution in [0.5, 0.6) is 5.75 Å². The SMILES string of the molecule is COOCc1cc(C(C)=O)ccc1OC. The predicted octanol–water partition coefficient (Wildman–Crippen LogP) is 1.98. The zero-order valence-corrected chi connectivity index (χ0v) is 9.07. The van der Waals surface area contributed by atoms with Crippen molar-refractivity contribution in [2.24, 2.45) is 0 Å². The van der Waals surface area contributed by atoms with Gasteiger partial charge in [0.2, 0.25) is 0 Å². The normalized spacial score (nSPS) is 10.1. The molecule has 4 nitrogen and oxygen atoms in total. The molecule has 0 heterocycles. The first kappa shape index (κ1) is 11.7. The molecule has 0 aromatic heterocycles. The summed E-state index contributed by atoms with van der Waals surface area (Å²) in [4.78, 5) is 20.5. The highest BCUT2D eigenvalue weighted by Gasteiger charge is 2.07. The zero-order valence-electron chi connectivity index (χ0n) is 9.07. The molecule has 0 aliphatic carbocycles. The number of benzene rings is 1. The van der Waals surface area contributed by atoms with Crippen LogP contribution in [-0.2, 0) is 16.4 Å². The second-order valence-electron chi connectivity index (χ2n) is 3.01. The van der Waals surface area contributed by atoms with Gasteiger partial charge in [-0.25, -0.2) is 9.78 Å². The van der Waals surface area contributed by atoms with E-state index < -0.39 is 0 Å². The summed E-state index contributed by atoms with van der Waals surface area (Å²) in [5.74, 6) is 0.688. The van der Waals surface area contributed by atoms with Gasteiger partial charge in [0, 0.05) is 11.1 Å². The molecule has 1 aromatic rings. The average Bonchev–Trinajstić information content (AvgIpc) is 2.25. The number of hydrogen-bond acceptors (Lipinski definition) is 4. The molecule has 0 amide bonds. The van der Waals surface area contributed by atoms with Gasteiger partial charge < -0.3 is 4.74 Å². The lowest BCUT2D eigenvalue weighted by molar-refractivity contribution is -0.282. The first-order valence-electron chi connectivity index (χ1n) is 4.52. The molecule has 1 aromatic carbocycles. The van der Waals surface area contributed by atoms with E-state index in [1.807, 2.05) is 0 Å². The van der Waals surface area contributed by atoms with Crippen LogP contribution in [0.3, 0.4) is 0 Å². The lowest BCUT2D eigenvalue weighted by Gasteiger charge is -2.08. The Bertz CT molecular complexity index is 346. The maximum atomic E-state index is 11.2. The maximum Gasteiger partial charge on any atom is 0.159 e. The fourth-order valence-electron chi connectivity index (χ4n) is 1.23. The summed E-state index contributed by atoms with van der Waals surface area (Å²) in [7, 11) is 3.00. The van der Waals surface area contributed by atoms with Gasteiger partial charge >= 0.3 is 0 Å². The molecule has 0 saturated heterocycles. The summed E-state index contributed by atoms with van der Waals surface area (Å²) >= 11 is 0. The summed E-state index contributed by atoms with van der Waals surface area (Å²) in [5, 5.41) is 0. The van der Waals surface area contributed by atoms with Gasteiger partial charge in [-0.2, -0.15) is 0 Å². The number of carbonyl (C=O) groups excluding carboxylic acids is 1. The van der Waals surface area contributed by atoms with Gasteiger partial charge in [-0.3, -0.25) is 4.79 Å². The van der Waals surface area contributed by atoms with E-state index in [9.17, 15) is 4.79 Å². The number of methoxy groups -OCH3 is 1. The fraction of sp³-hybridized carbons (Fsp3) is 0.364. The third kappa shape index (κ3) is 3.04. The molecule has 0 radical (unpaired) electrons. The molecule has 0 fully saturated rings. The molecule has 4 heteroatoms. The monoisotopic (exact) mass is 210 g/mol. The summed E-state index contributed by atoms with van der Waals surface area (Å²) in [5.41, 5.74) is 1.41. The van der Waals surface area contributed by atoms with Crippen LogP contribution in [0.15, 0.2) is 18.2 Å². The summed E-state index contributed by atoms with van der Waals surface area (Å²) < 4.78 is 5.13. The molecule has 0 aliphatic rings. The lowest BCUT2D eigenvalue weighted by atomic mass is 10.1. The van der Waals surface area contributed by atoms with Crippen LogP contribution in [0.25, 0.3) is 0 Å². The minimum atomic E-state index is 0.0105. The van der Waals surface area contributed by atoms with Crippen LogP contribution in [0.4, 0.5) is 0 Å². The van der Waals surface area contributed by atoms with Crippen molar-refractivity contribution in [2.75, 3.05) is 14.2 Å². The topological polar surface area (TPSA) is 44.8 Å². The highest BCUT2D eigenvalue weighted by atomic mass is 17.2. The van der Waals surface area contributed by atoms with Gasteiger partial charge in [0.1, 0.15) is 12.4 Å². The van der Waals surface area contributed by atoms with E-state index in [1.165, 1.54) is 14.0 Å².